The van der Waals surface area contributed by atoms with Crippen molar-refractivity contribution < 1.29 is 14.3 Å². The molecule has 2 rings (SSSR count). The molecule has 0 aromatic heterocycles. The predicted molar refractivity (Wildman–Crippen MR) is 74.4 cm³/mol. The molecular weight excluding hydrogens is 240 g/mol. The molecule has 0 saturated carbocycles. The van der Waals surface area contributed by atoms with Crippen molar-refractivity contribution in [3.63, 3.8) is 0 Å². The third-order valence-corrected chi connectivity index (χ3v) is 3.50. The first-order valence-corrected chi connectivity index (χ1v) is 7.02. The summed E-state index contributed by atoms with van der Waals surface area (Å²) < 4.78 is 11.0. The van der Waals surface area contributed by atoms with Crippen LogP contribution in [0.1, 0.15) is 39.0 Å². The third kappa shape index (κ3) is 4.27. The largest absolute Gasteiger partial charge is 0.496 e. The van der Waals surface area contributed by atoms with Crippen LogP contribution in [0.15, 0.2) is 36.1 Å². The zero-order valence-corrected chi connectivity index (χ0v) is 11.6. The molecule has 0 amide bonds. The quantitative estimate of drug-likeness (QED) is 0.714. The summed E-state index contributed by atoms with van der Waals surface area (Å²) in [4.78, 5) is 12.1. The van der Waals surface area contributed by atoms with Gasteiger partial charge in [-0.1, -0.05) is 30.4 Å². The van der Waals surface area contributed by atoms with Crippen LogP contribution in [-0.4, -0.2) is 18.7 Å². The van der Waals surface area contributed by atoms with Crippen LogP contribution in [0.5, 0.6) is 0 Å². The molecule has 1 heterocycles. The van der Waals surface area contributed by atoms with Gasteiger partial charge in [-0.05, 0) is 32.6 Å². The van der Waals surface area contributed by atoms with Crippen molar-refractivity contribution in [2.45, 2.75) is 45.1 Å². The van der Waals surface area contributed by atoms with Crippen LogP contribution < -0.4 is 0 Å². The van der Waals surface area contributed by atoms with Crippen molar-refractivity contribution in [2.24, 2.45) is 5.92 Å². The lowest BCUT2D eigenvalue weighted by molar-refractivity contribution is -0.148. The lowest BCUT2D eigenvalue weighted by Gasteiger charge is -2.20. The lowest BCUT2D eigenvalue weighted by Crippen LogP contribution is -2.22. The van der Waals surface area contributed by atoms with Gasteiger partial charge in [0.25, 0.3) is 0 Å². The fraction of sp³-hybridized carbons (Fsp3) is 0.562. The van der Waals surface area contributed by atoms with Gasteiger partial charge in [0.15, 0.2) is 0 Å². The summed E-state index contributed by atoms with van der Waals surface area (Å²) in [6.45, 7) is 6.20. The normalized spacial score (nSPS) is 28.6. The Kier molecular flexibility index (Phi) is 4.83. The van der Waals surface area contributed by atoms with Gasteiger partial charge in [-0.15, -0.1) is 0 Å². The van der Waals surface area contributed by atoms with E-state index >= 15 is 0 Å². The minimum atomic E-state index is -0.116. The van der Waals surface area contributed by atoms with E-state index in [1.54, 1.807) is 0 Å². The third-order valence-electron chi connectivity index (χ3n) is 3.50. The van der Waals surface area contributed by atoms with E-state index in [4.69, 9.17) is 9.47 Å². The SMILES string of the molecule is C=C1CCOC(=O)[C@H](CC2=CCCC=C2)C[C@H](C)O1. The average Bonchev–Trinajstić information content (AvgIpc) is 2.43. The van der Waals surface area contributed by atoms with Crippen LogP contribution in [0, 0.1) is 5.92 Å². The Hall–Kier alpha value is -1.51. The van der Waals surface area contributed by atoms with Gasteiger partial charge in [0.2, 0.25) is 0 Å². The standard InChI is InChI=1S/C16H22O3/c1-12-8-9-18-16(17)15(10-13(2)19-12)11-14-6-4-3-5-7-14/h4,6-7,13,15H,1,3,5,8-11H2,2H3/t13-,15-/m0/s1. The summed E-state index contributed by atoms with van der Waals surface area (Å²) in [7, 11) is 0. The highest BCUT2D eigenvalue weighted by Crippen LogP contribution is 2.25. The highest BCUT2D eigenvalue weighted by atomic mass is 16.5. The summed E-state index contributed by atoms with van der Waals surface area (Å²) in [5.41, 5.74) is 1.23. The fourth-order valence-corrected chi connectivity index (χ4v) is 2.54. The smallest absolute Gasteiger partial charge is 0.309 e. The van der Waals surface area contributed by atoms with Gasteiger partial charge in [-0.25, -0.2) is 0 Å². The molecule has 0 radical (unpaired) electrons. The Labute approximate surface area is 115 Å². The Morgan fingerprint density at radius 1 is 1.42 bits per heavy atom. The van der Waals surface area contributed by atoms with Gasteiger partial charge in [0.1, 0.15) is 0 Å². The van der Waals surface area contributed by atoms with Gasteiger partial charge in [-0.2, -0.15) is 0 Å². The summed E-state index contributed by atoms with van der Waals surface area (Å²) >= 11 is 0. The van der Waals surface area contributed by atoms with E-state index < -0.39 is 0 Å². The highest BCUT2D eigenvalue weighted by molar-refractivity contribution is 5.73. The second-order valence-corrected chi connectivity index (χ2v) is 5.28. The van der Waals surface area contributed by atoms with Gasteiger partial charge in [-0.3, -0.25) is 4.79 Å². The summed E-state index contributed by atoms with van der Waals surface area (Å²) in [6.07, 6.45) is 10.7. The number of carbonyl (C=O) groups excluding carboxylic acids is 1. The van der Waals surface area contributed by atoms with Crippen molar-refractivity contribution >= 4 is 5.97 Å². The van der Waals surface area contributed by atoms with E-state index in [-0.39, 0.29) is 18.0 Å². The monoisotopic (exact) mass is 262 g/mol. The number of allylic oxidation sites excluding steroid dienone is 4. The maximum atomic E-state index is 12.1. The second-order valence-electron chi connectivity index (χ2n) is 5.28. The zero-order chi connectivity index (χ0) is 13.7. The van der Waals surface area contributed by atoms with Crippen LogP contribution in [0.3, 0.4) is 0 Å². The first kappa shape index (κ1) is 13.9. The van der Waals surface area contributed by atoms with Crippen molar-refractivity contribution in [1.82, 2.24) is 0 Å². The van der Waals surface area contributed by atoms with Crippen LogP contribution in [0.2, 0.25) is 0 Å². The predicted octanol–water partition coefficient (Wildman–Crippen LogP) is 3.52. The number of carbonyl (C=O) groups is 1. The van der Waals surface area contributed by atoms with Gasteiger partial charge >= 0.3 is 5.97 Å². The molecule has 0 spiro atoms. The van der Waals surface area contributed by atoms with Crippen LogP contribution in [0.25, 0.3) is 0 Å². The highest BCUT2D eigenvalue weighted by Gasteiger charge is 2.26. The van der Waals surface area contributed by atoms with E-state index in [0.717, 1.165) is 19.3 Å². The van der Waals surface area contributed by atoms with Crippen molar-refractivity contribution in [3.05, 3.63) is 36.1 Å². The van der Waals surface area contributed by atoms with E-state index in [1.807, 2.05) is 6.92 Å². The molecule has 0 N–H and O–H groups in total. The molecule has 1 aliphatic heterocycles. The van der Waals surface area contributed by atoms with Gasteiger partial charge in [0, 0.05) is 6.42 Å². The molecule has 1 saturated heterocycles. The maximum Gasteiger partial charge on any atom is 0.309 e. The maximum absolute atomic E-state index is 12.1. The summed E-state index contributed by atoms with van der Waals surface area (Å²) in [6, 6.07) is 0. The Bertz CT molecular complexity index is 406. The van der Waals surface area contributed by atoms with Crippen molar-refractivity contribution in [1.29, 1.82) is 0 Å². The molecule has 104 valence electrons. The van der Waals surface area contributed by atoms with Crippen LogP contribution in [-0.2, 0) is 14.3 Å². The molecule has 0 aromatic carbocycles. The second kappa shape index (κ2) is 6.60. The first-order valence-electron chi connectivity index (χ1n) is 7.02. The van der Waals surface area contributed by atoms with Crippen molar-refractivity contribution in [2.75, 3.05) is 6.61 Å². The van der Waals surface area contributed by atoms with Crippen LogP contribution in [0.4, 0.5) is 0 Å². The molecule has 0 unspecified atom stereocenters. The number of rotatable bonds is 2. The summed E-state index contributed by atoms with van der Waals surface area (Å²) in [5.74, 6) is 0.484. The molecule has 0 bridgehead atoms. The van der Waals surface area contributed by atoms with E-state index in [0.29, 0.717) is 25.2 Å². The Morgan fingerprint density at radius 2 is 2.26 bits per heavy atom. The molecule has 2 aliphatic rings. The minimum Gasteiger partial charge on any atom is -0.496 e. The van der Waals surface area contributed by atoms with E-state index in [2.05, 4.69) is 24.8 Å². The topological polar surface area (TPSA) is 35.5 Å². The molecular formula is C16H22O3. The fourth-order valence-electron chi connectivity index (χ4n) is 2.54. The molecule has 1 aliphatic carbocycles. The van der Waals surface area contributed by atoms with E-state index in [9.17, 15) is 4.79 Å². The van der Waals surface area contributed by atoms with Crippen molar-refractivity contribution in [3.8, 4) is 0 Å². The van der Waals surface area contributed by atoms with Crippen LogP contribution >= 0.6 is 0 Å². The Balaban J connectivity index is 2.02. The molecule has 1 fully saturated rings. The zero-order valence-electron chi connectivity index (χ0n) is 11.6. The number of cyclic esters (lactones) is 1. The average molecular weight is 262 g/mol. The van der Waals surface area contributed by atoms with Gasteiger partial charge in [0.05, 0.1) is 24.4 Å². The molecule has 0 aromatic rings. The summed E-state index contributed by atoms with van der Waals surface area (Å²) in [5, 5.41) is 0. The molecule has 3 nitrogen and oxygen atoms in total. The number of hydrogen-bond acceptors (Lipinski definition) is 3. The minimum absolute atomic E-state index is 0.0105. The molecule has 2 atom stereocenters. The van der Waals surface area contributed by atoms with Gasteiger partial charge < -0.3 is 9.47 Å². The molecule has 3 heteroatoms. The number of esters is 1. The number of hydrogen-bond donors (Lipinski definition) is 0. The molecule has 19 heavy (non-hydrogen) atoms. The lowest BCUT2D eigenvalue weighted by atomic mass is 9.91. The first-order chi connectivity index (χ1) is 9.15. The van der Waals surface area contributed by atoms with E-state index in [1.165, 1.54) is 5.57 Å². The number of ether oxygens (including phenoxy) is 2. The Morgan fingerprint density at radius 3 is 3.00 bits per heavy atom.